The smallest absolute Gasteiger partial charge is 0.0887 e. The second kappa shape index (κ2) is 5.53. The minimum absolute atomic E-state index is 0.923. The molecule has 0 saturated carbocycles. The molecule has 0 N–H and O–H groups in total. The molecule has 2 heterocycles. The van der Waals surface area contributed by atoms with Crippen LogP contribution >= 0.6 is 0 Å². The molecule has 0 bridgehead atoms. The average Bonchev–Trinajstić information content (AvgIpc) is 2.39. The molecule has 0 aromatic carbocycles. The van der Waals surface area contributed by atoms with Gasteiger partial charge in [0, 0.05) is 5.92 Å². The molecule has 0 aromatic rings. The molecule has 2 unspecified atom stereocenters. The Balaban J connectivity index is 2.05. The zero-order valence-corrected chi connectivity index (χ0v) is 11.4. The van der Waals surface area contributed by atoms with E-state index in [9.17, 15) is 0 Å². The molecule has 2 aliphatic rings. The van der Waals surface area contributed by atoms with Gasteiger partial charge in [-0.3, -0.25) is 0 Å². The van der Waals surface area contributed by atoms with Crippen LogP contribution in [0, 0.1) is 5.92 Å². The van der Waals surface area contributed by atoms with E-state index in [1.165, 1.54) is 75.5 Å². The van der Waals surface area contributed by atoms with Crippen molar-refractivity contribution in [2.45, 2.75) is 71.3 Å². The van der Waals surface area contributed by atoms with Gasteiger partial charge >= 0.3 is 0 Å². The van der Waals surface area contributed by atoms with E-state index >= 15 is 0 Å². The van der Waals surface area contributed by atoms with Crippen LogP contribution in [0.5, 0.6) is 0 Å². The van der Waals surface area contributed by atoms with Gasteiger partial charge < -0.3 is 4.48 Å². The highest BCUT2D eigenvalue weighted by atomic mass is 15.4. The Morgan fingerprint density at radius 1 is 0.688 bits per heavy atom. The third-order valence-corrected chi connectivity index (χ3v) is 5.41. The molecule has 2 aliphatic heterocycles. The maximum absolute atomic E-state index is 2.53. The van der Waals surface area contributed by atoms with E-state index in [2.05, 4.69) is 13.8 Å². The number of hydrogen-bond donors (Lipinski definition) is 0. The maximum atomic E-state index is 2.53. The Bertz CT molecular complexity index is 201. The monoisotopic (exact) mass is 224 g/mol. The molecule has 2 atom stereocenters. The molecule has 2 saturated heterocycles. The fourth-order valence-electron chi connectivity index (χ4n) is 4.02. The summed E-state index contributed by atoms with van der Waals surface area (Å²) in [5.41, 5.74) is 0. The lowest BCUT2D eigenvalue weighted by molar-refractivity contribution is -0.958. The van der Waals surface area contributed by atoms with Gasteiger partial charge in [-0.2, -0.15) is 0 Å². The molecule has 94 valence electrons. The first-order valence-corrected chi connectivity index (χ1v) is 7.60. The lowest BCUT2D eigenvalue weighted by atomic mass is 9.88. The van der Waals surface area contributed by atoms with Gasteiger partial charge in [0.1, 0.15) is 0 Å². The molecule has 0 radical (unpaired) electrons. The molecule has 1 heteroatoms. The lowest BCUT2D eigenvalue weighted by Crippen LogP contribution is -2.60. The molecule has 2 rings (SSSR count). The van der Waals surface area contributed by atoms with Crippen LogP contribution in [-0.4, -0.2) is 30.2 Å². The summed E-state index contributed by atoms with van der Waals surface area (Å²) >= 11 is 0. The summed E-state index contributed by atoms with van der Waals surface area (Å²) in [6.07, 6.45) is 11.9. The van der Waals surface area contributed by atoms with Crippen LogP contribution in [0.3, 0.4) is 0 Å². The van der Waals surface area contributed by atoms with Gasteiger partial charge in [-0.15, -0.1) is 0 Å². The molecular formula is C15H30N+. The van der Waals surface area contributed by atoms with Crippen molar-refractivity contribution in [1.29, 1.82) is 0 Å². The highest BCUT2D eigenvalue weighted by Crippen LogP contribution is 2.32. The third kappa shape index (κ3) is 2.61. The van der Waals surface area contributed by atoms with Crippen LogP contribution in [-0.2, 0) is 0 Å². The van der Waals surface area contributed by atoms with Gasteiger partial charge in [0.25, 0.3) is 0 Å². The molecule has 0 amide bonds. The number of hydrogen-bond acceptors (Lipinski definition) is 0. The standard InChI is InChI=1S/C15H30N/c1-14-10-9-13-16(15(14)2)11-7-5-3-4-6-8-12-16/h14-15H,3-13H2,1-2H3/q+1. The first-order valence-electron chi connectivity index (χ1n) is 7.60. The number of quaternary nitrogens is 1. The van der Waals surface area contributed by atoms with Crippen molar-refractivity contribution in [3.8, 4) is 0 Å². The molecule has 1 spiro atoms. The van der Waals surface area contributed by atoms with E-state index < -0.39 is 0 Å². The Morgan fingerprint density at radius 3 is 1.81 bits per heavy atom. The van der Waals surface area contributed by atoms with Crippen molar-refractivity contribution >= 4 is 0 Å². The molecule has 0 aromatic heterocycles. The Labute approximate surface area is 102 Å². The fourth-order valence-corrected chi connectivity index (χ4v) is 4.02. The highest BCUT2D eigenvalue weighted by Gasteiger charge is 2.39. The lowest BCUT2D eigenvalue weighted by Gasteiger charge is -2.49. The molecule has 1 nitrogen and oxygen atoms in total. The van der Waals surface area contributed by atoms with Crippen molar-refractivity contribution in [1.82, 2.24) is 0 Å². The van der Waals surface area contributed by atoms with Gasteiger partial charge in [-0.1, -0.05) is 19.8 Å². The van der Waals surface area contributed by atoms with Crippen molar-refractivity contribution < 1.29 is 4.48 Å². The Kier molecular flexibility index (Phi) is 4.29. The van der Waals surface area contributed by atoms with Crippen LogP contribution in [0.1, 0.15) is 65.2 Å². The third-order valence-electron chi connectivity index (χ3n) is 5.41. The minimum atomic E-state index is 0.923. The molecule has 0 aliphatic carbocycles. The predicted molar refractivity (Wildman–Crippen MR) is 70.4 cm³/mol. The number of piperidine rings is 1. The molecule has 16 heavy (non-hydrogen) atoms. The van der Waals surface area contributed by atoms with Crippen LogP contribution in [0.4, 0.5) is 0 Å². The quantitative estimate of drug-likeness (QED) is 0.546. The molecular weight excluding hydrogens is 194 g/mol. The van der Waals surface area contributed by atoms with Gasteiger partial charge in [-0.25, -0.2) is 0 Å². The number of nitrogens with zero attached hydrogens (tertiary/aromatic N) is 1. The van der Waals surface area contributed by atoms with E-state index in [0.717, 1.165) is 12.0 Å². The topological polar surface area (TPSA) is 0 Å². The highest BCUT2D eigenvalue weighted by molar-refractivity contribution is 4.70. The SMILES string of the molecule is CC1CCC[N+]2(CCCCCCCC2)C1C. The summed E-state index contributed by atoms with van der Waals surface area (Å²) in [6, 6.07) is 0.923. The summed E-state index contributed by atoms with van der Waals surface area (Å²) in [6.45, 7) is 9.45. The second-order valence-electron chi connectivity index (χ2n) is 6.37. The van der Waals surface area contributed by atoms with Crippen LogP contribution < -0.4 is 0 Å². The van der Waals surface area contributed by atoms with Gasteiger partial charge in [0.15, 0.2) is 0 Å². The van der Waals surface area contributed by atoms with Gasteiger partial charge in [0.2, 0.25) is 0 Å². The van der Waals surface area contributed by atoms with Crippen molar-refractivity contribution in [2.24, 2.45) is 5.92 Å². The Morgan fingerprint density at radius 2 is 1.19 bits per heavy atom. The first-order chi connectivity index (χ1) is 7.75. The maximum Gasteiger partial charge on any atom is 0.0887 e. The minimum Gasteiger partial charge on any atom is -0.321 e. The first kappa shape index (κ1) is 12.4. The average molecular weight is 224 g/mol. The summed E-state index contributed by atoms with van der Waals surface area (Å²) in [5.74, 6) is 0.953. The van der Waals surface area contributed by atoms with Crippen LogP contribution in [0.15, 0.2) is 0 Å². The van der Waals surface area contributed by atoms with Crippen molar-refractivity contribution in [3.05, 3.63) is 0 Å². The normalized spacial score (nSPS) is 36.4. The summed E-state index contributed by atoms with van der Waals surface area (Å²) in [5, 5.41) is 0. The zero-order chi connectivity index (χ0) is 11.4. The van der Waals surface area contributed by atoms with Crippen LogP contribution in [0.2, 0.25) is 0 Å². The van der Waals surface area contributed by atoms with Crippen LogP contribution in [0.25, 0.3) is 0 Å². The summed E-state index contributed by atoms with van der Waals surface area (Å²) in [4.78, 5) is 0. The summed E-state index contributed by atoms with van der Waals surface area (Å²) < 4.78 is 1.47. The molecule has 2 fully saturated rings. The van der Waals surface area contributed by atoms with E-state index in [1.807, 2.05) is 0 Å². The Hall–Kier alpha value is -0.0400. The van der Waals surface area contributed by atoms with E-state index in [-0.39, 0.29) is 0 Å². The van der Waals surface area contributed by atoms with E-state index in [1.54, 1.807) is 0 Å². The predicted octanol–water partition coefficient (Wildman–Crippen LogP) is 3.98. The van der Waals surface area contributed by atoms with Gasteiger partial charge in [-0.05, 0) is 45.4 Å². The number of rotatable bonds is 0. The van der Waals surface area contributed by atoms with E-state index in [0.29, 0.717) is 0 Å². The van der Waals surface area contributed by atoms with Crippen molar-refractivity contribution in [2.75, 3.05) is 19.6 Å². The summed E-state index contributed by atoms with van der Waals surface area (Å²) in [7, 11) is 0. The van der Waals surface area contributed by atoms with Crippen molar-refractivity contribution in [3.63, 3.8) is 0 Å². The second-order valence-corrected chi connectivity index (χ2v) is 6.37. The van der Waals surface area contributed by atoms with E-state index in [4.69, 9.17) is 0 Å². The zero-order valence-electron chi connectivity index (χ0n) is 11.4. The largest absolute Gasteiger partial charge is 0.321 e. The van der Waals surface area contributed by atoms with Gasteiger partial charge in [0.05, 0.1) is 25.7 Å². The fraction of sp³-hybridized carbons (Fsp3) is 1.00.